The SMILES string of the molecule is Cc1cn(CC#N)nc1[C@H](c1cccc(-n2cc3c(C(F)(F)F)cc(CN4CCC[C@H](C)C4)cn3c2=O)c1)C1CCC1. The molecule has 2 atom stereocenters. The lowest BCUT2D eigenvalue weighted by molar-refractivity contribution is -0.136. The maximum absolute atomic E-state index is 14.3. The Hall–Kier alpha value is -3.84. The Morgan fingerprint density at radius 1 is 1.12 bits per heavy atom. The minimum Gasteiger partial charge on any atom is -0.299 e. The van der Waals surface area contributed by atoms with Crippen LogP contribution in [-0.4, -0.2) is 36.7 Å². The van der Waals surface area contributed by atoms with E-state index < -0.39 is 17.4 Å². The van der Waals surface area contributed by atoms with Gasteiger partial charge in [0.1, 0.15) is 6.54 Å². The van der Waals surface area contributed by atoms with Crippen molar-refractivity contribution in [3.05, 3.63) is 87.4 Å². The summed E-state index contributed by atoms with van der Waals surface area (Å²) >= 11 is 0. The number of benzene rings is 1. The van der Waals surface area contributed by atoms with Crippen LogP contribution < -0.4 is 5.69 Å². The van der Waals surface area contributed by atoms with E-state index in [1.165, 1.54) is 16.8 Å². The zero-order valence-corrected chi connectivity index (χ0v) is 23.9. The fraction of sp³-hybridized carbons (Fsp3) is 0.469. The van der Waals surface area contributed by atoms with Crippen LogP contribution >= 0.6 is 0 Å². The van der Waals surface area contributed by atoms with E-state index >= 15 is 0 Å². The maximum Gasteiger partial charge on any atom is 0.418 e. The van der Waals surface area contributed by atoms with E-state index in [0.717, 1.165) is 66.4 Å². The third kappa shape index (κ3) is 5.38. The molecule has 1 aliphatic carbocycles. The van der Waals surface area contributed by atoms with Crippen LogP contribution in [0.5, 0.6) is 0 Å². The standard InChI is InChI=1S/C32H35F3N6O/c1-21-6-5-12-38(16-21)18-23-14-27(32(33,34)35)28-20-40(31(42)41(28)19-23)26-10-4-9-25(15-26)29(24-7-3-8-24)30-22(2)17-39(37-30)13-11-36/h4,9-10,14-15,17,19-21,24,29H,3,5-8,12-13,16,18H2,1-2H3/t21-,29-/m0/s1. The fourth-order valence-corrected chi connectivity index (χ4v) is 6.72. The van der Waals surface area contributed by atoms with Crippen LogP contribution in [0.15, 0.2) is 53.7 Å². The minimum absolute atomic E-state index is 0.0318. The van der Waals surface area contributed by atoms with E-state index in [-0.39, 0.29) is 18.0 Å². The van der Waals surface area contributed by atoms with Gasteiger partial charge < -0.3 is 0 Å². The molecule has 4 heterocycles. The van der Waals surface area contributed by atoms with E-state index in [1.807, 2.05) is 31.3 Å². The van der Waals surface area contributed by atoms with Crippen molar-refractivity contribution >= 4 is 5.52 Å². The van der Waals surface area contributed by atoms with Gasteiger partial charge in [0.25, 0.3) is 0 Å². The van der Waals surface area contributed by atoms with Gasteiger partial charge in [-0.15, -0.1) is 0 Å². The van der Waals surface area contributed by atoms with E-state index in [1.54, 1.807) is 16.9 Å². The van der Waals surface area contributed by atoms with Gasteiger partial charge in [-0.3, -0.25) is 18.5 Å². The quantitative estimate of drug-likeness (QED) is 0.259. The molecule has 3 aromatic heterocycles. The van der Waals surface area contributed by atoms with E-state index in [4.69, 9.17) is 10.4 Å². The number of fused-ring (bicyclic) bond motifs is 1. The first-order chi connectivity index (χ1) is 20.1. The van der Waals surface area contributed by atoms with Crippen LogP contribution in [-0.2, 0) is 19.3 Å². The van der Waals surface area contributed by atoms with Crippen molar-refractivity contribution in [1.29, 1.82) is 5.26 Å². The van der Waals surface area contributed by atoms with Crippen LogP contribution in [0.3, 0.4) is 0 Å². The topological polar surface area (TPSA) is 71.3 Å². The first-order valence-corrected chi connectivity index (χ1v) is 14.7. The van der Waals surface area contributed by atoms with Gasteiger partial charge in [-0.1, -0.05) is 25.5 Å². The van der Waals surface area contributed by atoms with Crippen molar-refractivity contribution in [2.24, 2.45) is 11.8 Å². The van der Waals surface area contributed by atoms with Crippen LogP contribution in [0, 0.1) is 30.1 Å². The van der Waals surface area contributed by atoms with Gasteiger partial charge in [-0.2, -0.15) is 23.5 Å². The first kappa shape index (κ1) is 28.3. The van der Waals surface area contributed by atoms with E-state index in [0.29, 0.717) is 29.6 Å². The molecule has 0 bridgehead atoms. The normalized spacial score (nSPS) is 19.1. The molecule has 7 nitrogen and oxygen atoms in total. The van der Waals surface area contributed by atoms with Gasteiger partial charge in [-0.05, 0) is 85.9 Å². The van der Waals surface area contributed by atoms with Gasteiger partial charge in [0.2, 0.25) is 0 Å². The van der Waals surface area contributed by atoms with Crippen molar-refractivity contribution in [1.82, 2.24) is 23.6 Å². The number of rotatable bonds is 7. The average Bonchev–Trinajstić information content (AvgIpc) is 3.44. The average molecular weight is 577 g/mol. The van der Waals surface area contributed by atoms with Crippen LogP contribution in [0.1, 0.15) is 72.9 Å². The summed E-state index contributed by atoms with van der Waals surface area (Å²) in [5.41, 5.74) is 2.35. The molecule has 0 amide bonds. The summed E-state index contributed by atoms with van der Waals surface area (Å²) in [7, 11) is 0. The highest BCUT2D eigenvalue weighted by atomic mass is 19.4. The molecule has 1 aliphatic heterocycles. The van der Waals surface area contributed by atoms with Crippen molar-refractivity contribution in [2.75, 3.05) is 13.1 Å². The summed E-state index contributed by atoms with van der Waals surface area (Å²) in [6.45, 7) is 6.34. The molecular weight excluding hydrogens is 541 g/mol. The molecule has 4 aromatic rings. The van der Waals surface area contributed by atoms with E-state index in [9.17, 15) is 18.0 Å². The molecule has 1 aromatic carbocycles. The third-order valence-corrected chi connectivity index (χ3v) is 8.92. The summed E-state index contributed by atoms with van der Waals surface area (Å²) in [6, 6.07) is 10.8. The molecule has 1 saturated heterocycles. The van der Waals surface area contributed by atoms with Crippen LogP contribution in [0.2, 0.25) is 0 Å². The second-order valence-corrected chi connectivity index (χ2v) is 12.1. The van der Waals surface area contributed by atoms with Crippen molar-refractivity contribution in [2.45, 2.75) is 71.1 Å². The molecule has 0 unspecified atom stereocenters. The molecule has 10 heteroatoms. The Morgan fingerprint density at radius 3 is 2.62 bits per heavy atom. The molecule has 0 radical (unpaired) electrons. The summed E-state index contributed by atoms with van der Waals surface area (Å²) in [4.78, 5) is 15.9. The zero-order chi connectivity index (χ0) is 29.6. The lowest BCUT2D eigenvalue weighted by Gasteiger charge is -2.34. The molecule has 6 rings (SSSR count). The smallest absolute Gasteiger partial charge is 0.299 e. The predicted molar refractivity (Wildman–Crippen MR) is 153 cm³/mol. The molecule has 0 spiro atoms. The fourth-order valence-electron chi connectivity index (χ4n) is 6.72. The zero-order valence-electron chi connectivity index (χ0n) is 23.9. The number of piperidine rings is 1. The molecule has 220 valence electrons. The number of pyridine rings is 1. The summed E-state index contributed by atoms with van der Waals surface area (Å²) in [6.07, 6.45) is 5.49. The van der Waals surface area contributed by atoms with Crippen molar-refractivity contribution < 1.29 is 13.2 Å². The van der Waals surface area contributed by atoms with Gasteiger partial charge in [0.15, 0.2) is 0 Å². The Bertz CT molecular complexity index is 1700. The highest BCUT2D eigenvalue weighted by Gasteiger charge is 2.35. The van der Waals surface area contributed by atoms with Gasteiger partial charge in [-0.25, -0.2) is 4.79 Å². The van der Waals surface area contributed by atoms with E-state index in [2.05, 4.69) is 17.9 Å². The second kappa shape index (κ2) is 11.1. The lowest BCUT2D eigenvalue weighted by Crippen LogP contribution is -2.34. The minimum atomic E-state index is -4.61. The molecule has 1 saturated carbocycles. The Balaban J connectivity index is 1.42. The molecule has 42 heavy (non-hydrogen) atoms. The largest absolute Gasteiger partial charge is 0.418 e. The Morgan fingerprint density at radius 2 is 1.93 bits per heavy atom. The number of imidazole rings is 1. The predicted octanol–water partition coefficient (Wildman–Crippen LogP) is 6.30. The summed E-state index contributed by atoms with van der Waals surface area (Å²) in [5, 5.41) is 13.9. The number of halogens is 3. The highest BCUT2D eigenvalue weighted by molar-refractivity contribution is 5.58. The summed E-state index contributed by atoms with van der Waals surface area (Å²) < 4.78 is 47.0. The Kier molecular flexibility index (Phi) is 7.48. The van der Waals surface area contributed by atoms with Gasteiger partial charge in [0.05, 0.1) is 28.5 Å². The maximum atomic E-state index is 14.3. The number of hydrogen-bond donors (Lipinski definition) is 0. The summed E-state index contributed by atoms with van der Waals surface area (Å²) in [5.74, 6) is 0.829. The molecular formula is C32H35F3N6O. The first-order valence-electron chi connectivity index (χ1n) is 14.7. The number of aryl methyl sites for hydroxylation is 1. The number of likely N-dealkylation sites (tertiary alicyclic amines) is 1. The van der Waals surface area contributed by atoms with Crippen molar-refractivity contribution in [3.63, 3.8) is 0 Å². The molecule has 2 fully saturated rings. The molecule has 0 N–H and O–H groups in total. The van der Waals surface area contributed by atoms with Crippen molar-refractivity contribution in [3.8, 4) is 11.8 Å². The second-order valence-electron chi connectivity index (χ2n) is 12.1. The number of nitrogens with zero attached hydrogens (tertiary/aromatic N) is 6. The van der Waals surface area contributed by atoms with Gasteiger partial charge in [0, 0.05) is 37.6 Å². The number of hydrogen-bond acceptors (Lipinski definition) is 4. The number of aromatic nitrogens is 4. The highest BCUT2D eigenvalue weighted by Crippen LogP contribution is 2.44. The van der Waals surface area contributed by atoms with Crippen LogP contribution in [0.25, 0.3) is 11.2 Å². The third-order valence-electron chi connectivity index (χ3n) is 8.92. The monoisotopic (exact) mass is 576 g/mol. The van der Waals surface area contributed by atoms with Crippen LogP contribution in [0.4, 0.5) is 13.2 Å². The molecule has 2 aliphatic rings. The number of nitriles is 1. The Labute approximate surface area is 242 Å². The number of alkyl halides is 3. The lowest BCUT2D eigenvalue weighted by atomic mass is 9.71. The van der Waals surface area contributed by atoms with Gasteiger partial charge >= 0.3 is 11.9 Å².